The molecule has 3 heteroatoms. The summed E-state index contributed by atoms with van der Waals surface area (Å²) in [7, 11) is 1.50. The molecule has 0 aromatic carbocycles. The number of methoxy groups -OCH3 is 1. The Morgan fingerprint density at radius 1 is 1.73 bits per heavy atom. The van der Waals surface area contributed by atoms with E-state index in [1.54, 1.807) is 0 Å². The molecule has 0 aliphatic heterocycles. The van der Waals surface area contributed by atoms with Crippen LogP contribution in [0.4, 0.5) is 0 Å². The van der Waals surface area contributed by atoms with Gasteiger partial charge >= 0.3 is 0 Å². The van der Waals surface area contributed by atoms with E-state index in [9.17, 15) is 5.11 Å². The van der Waals surface area contributed by atoms with Crippen LogP contribution in [-0.4, -0.2) is 12.2 Å². The van der Waals surface area contributed by atoms with E-state index in [1.807, 2.05) is 11.4 Å². The second kappa shape index (κ2) is 3.85. The van der Waals surface area contributed by atoms with Gasteiger partial charge in [-0.2, -0.15) is 0 Å². The number of aliphatic hydroxyl groups is 1. The Morgan fingerprint density at radius 3 is 2.91 bits per heavy atom. The summed E-state index contributed by atoms with van der Waals surface area (Å²) in [5.74, 6) is 0. The van der Waals surface area contributed by atoms with Crippen molar-refractivity contribution in [3.05, 3.63) is 21.9 Å². The Hall–Kier alpha value is -0.380. The molecule has 0 saturated heterocycles. The molecule has 2 nitrogen and oxygen atoms in total. The molecule has 0 radical (unpaired) electrons. The smallest absolute Gasteiger partial charge is 0.190 e. The van der Waals surface area contributed by atoms with Gasteiger partial charge in [0.15, 0.2) is 6.29 Å². The van der Waals surface area contributed by atoms with E-state index in [1.165, 1.54) is 24.0 Å². The Labute approximate surface area is 70.4 Å². The molecule has 1 atom stereocenters. The van der Waals surface area contributed by atoms with E-state index in [-0.39, 0.29) is 0 Å². The molecule has 62 valence electrons. The Kier molecular flexibility index (Phi) is 3.05. The minimum atomic E-state index is -0.750. The maximum absolute atomic E-state index is 9.23. The maximum Gasteiger partial charge on any atom is 0.190 e. The first-order chi connectivity index (χ1) is 5.27. The molecule has 0 amide bonds. The number of aryl methyl sites for hydroxylation is 1. The average Bonchev–Trinajstić information content (AvgIpc) is 2.50. The number of aliphatic hydroxyl groups excluding tert-OH is 1. The standard InChI is InChI=1S/C8H12O2S/c1-3-6-4-7(11-5-6)8(9)10-2/h4-5,8-9H,3H2,1-2H3. The van der Waals surface area contributed by atoms with Crippen molar-refractivity contribution in [2.45, 2.75) is 19.6 Å². The second-order valence-corrected chi connectivity index (χ2v) is 3.24. The van der Waals surface area contributed by atoms with Gasteiger partial charge in [-0.1, -0.05) is 6.92 Å². The molecule has 0 fully saturated rings. The second-order valence-electron chi connectivity index (χ2n) is 2.30. The summed E-state index contributed by atoms with van der Waals surface area (Å²) in [6.07, 6.45) is 0.257. The number of hydrogen-bond acceptors (Lipinski definition) is 3. The minimum Gasteiger partial charge on any atom is -0.364 e. The van der Waals surface area contributed by atoms with Crippen LogP contribution in [0, 0.1) is 0 Å². The zero-order valence-corrected chi connectivity index (χ0v) is 7.52. The summed E-state index contributed by atoms with van der Waals surface area (Å²) < 4.78 is 4.76. The van der Waals surface area contributed by atoms with Crippen molar-refractivity contribution in [2.24, 2.45) is 0 Å². The molecular formula is C8H12O2S. The van der Waals surface area contributed by atoms with Gasteiger partial charge in [0.25, 0.3) is 0 Å². The minimum absolute atomic E-state index is 0.750. The highest BCUT2D eigenvalue weighted by Crippen LogP contribution is 2.22. The molecule has 0 spiro atoms. The molecule has 0 aliphatic carbocycles. The normalized spacial score (nSPS) is 13.4. The molecule has 1 unspecified atom stereocenters. The fourth-order valence-corrected chi connectivity index (χ4v) is 1.78. The fourth-order valence-electron chi connectivity index (χ4n) is 0.826. The molecule has 1 aromatic rings. The predicted molar refractivity (Wildman–Crippen MR) is 45.7 cm³/mol. The summed E-state index contributed by atoms with van der Waals surface area (Å²) >= 11 is 1.53. The van der Waals surface area contributed by atoms with Crippen molar-refractivity contribution in [3.63, 3.8) is 0 Å². The number of ether oxygens (including phenoxy) is 1. The van der Waals surface area contributed by atoms with Gasteiger partial charge in [0.2, 0.25) is 0 Å². The molecule has 1 N–H and O–H groups in total. The monoisotopic (exact) mass is 172 g/mol. The zero-order chi connectivity index (χ0) is 8.27. The molecular weight excluding hydrogens is 160 g/mol. The first-order valence-corrected chi connectivity index (χ1v) is 4.44. The Morgan fingerprint density at radius 2 is 2.45 bits per heavy atom. The first kappa shape index (κ1) is 8.71. The van der Waals surface area contributed by atoms with Gasteiger partial charge in [-0.25, -0.2) is 0 Å². The number of hydrogen-bond donors (Lipinski definition) is 1. The van der Waals surface area contributed by atoms with Gasteiger partial charge in [0, 0.05) is 7.11 Å². The van der Waals surface area contributed by atoms with Crippen molar-refractivity contribution in [2.75, 3.05) is 7.11 Å². The van der Waals surface area contributed by atoms with Gasteiger partial charge in [0.1, 0.15) is 0 Å². The third-order valence-corrected chi connectivity index (χ3v) is 2.56. The van der Waals surface area contributed by atoms with Crippen LogP contribution in [0.2, 0.25) is 0 Å². The van der Waals surface area contributed by atoms with Gasteiger partial charge in [-0.3, -0.25) is 0 Å². The lowest BCUT2D eigenvalue weighted by atomic mass is 10.2. The van der Waals surface area contributed by atoms with E-state index in [2.05, 4.69) is 6.92 Å². The SMILES string of the molecule is CCc1csc(C(O)OC)c1. The number of thiophene rings is 1. The van der Waals surface area contributed by atoms with Crippen LogP contribution in [-0.2, 0) is 11.2 Å². The topological polar surface area (TPSA) is 29.5 Å². The van der Waals surface area contributed by atoms with Crippen molar-refractivity contribution < 1.29 is 9.84 Å². The van der Waals surface area contributed by atoms with Crippen molar-refractivity contribution in [1.82, 2.24) is 0 Å². The van der Waals surface area contributed by atoms with Crippen LogP contribution in [0.25, 0.3) is 0 Å². The predicted octanol–water partition coefficient (Wildman–Crippen LogP) is 1.95. The van der Waals surface area contributed by atoms with E-state index in [4.69, 9.17) is 4.74 Å². The van der Waals surface area contributed by atoms with E-state index in [0.29, 0.717) is 0 Å². The Bertz CT molecular complexity index is 220. The van der Waals surface area contributed by atoms with Crippen LogP contribution < -0.4 is 0 Å². The summed E-state index contributed by atoms with van der Waals surface area (Å²) in [4.78, 5) is 0.879. The fraction of sp³-hybridized carbons (Fsp3) is 0.500. The third-order valence-electron chi connectivity index (χ3n) is 1.55. The molecule has 1 rings (SSSR count). The lowest BCUT2D eigenvalue weighted by Crippen LogP contribution is -1.95. The molecule has 0 bridgehead atoms. The molecule has 1 heterocycles. The van der Waals surface area contributed by atoms with Gasteiger partial charge < -0.3 is 9.84 Å². The lowest BCUT2D eigenvalue weighted by Gasteiger charge is -2.03. The van der Waals surface area contributed by atoms with E-state index in [0.717, 1.165) is 11.3 Å². The third kappa shape index (κ3) is 2.02. The van der Waals surface area contributed by atoms with Crippen LogP contribution in [0.5, 0.6) is 0 Å². The number of rotatable bonds is 3. The molecule has 11 heavy (non-hydrogen) atoms. The summed E-state index contributed by atoms with van der Waals surface area (Å²) in [6.45, 7) is 2.09. The highest BCUT2D eigenvalue weighted by molar-refractivity contribution is 7.10. The van der Waals surface area contributed by atoms with Gasteiger partial charge in [0.05, 0.1) is 4.88 Å². The van der Waals surface area contributed by atoms with E-state index >= 15 is 0 Å². The van der Waals surface area contributed by atoms with Crippen molar-refractivity contribution in [1.29, 1.82) is 0 Å². The van der Waals surface area contributed by atoms with Crippen LogP contribution in [0.1, 0.15) is 23.7 Å². The van der Waals surface area contributed by atoms with Crippen LogP contribution in [0.15, 0.2) is 11.4 Å². The Balaban J connectivity index is 2.71. The summed E-state index contributed by atoms with van der Waals surface area (Å²) in [6, 6.07) is 1.97. The summed E-state index contributed by atoms with van der Waals surface area (Å²) in [5.41, 5.74) is 1.25. The highest BCUT2D eigenvalue weighted by atomic mass is 32.1. The lowest BCUT2D eigenvalue weighted by molar-refractivity contribution is -0.0743. The zero-order valence-electron chi connectivity index (χ0n) is 6.70. The molecule has 1 aromatic heterocycles. The van der Waals surface area contributed by atoms with Gasteiger partial charge in [-0.15, -0.1) is 11.3 Å². The molecule has 0 saturated carbocycles. The van der Waals surface area contributed by atoms with Crippen molar-refractivity contribution >= 4 is 11.3 Å². The maximum atomic E-state index is 9.23. The van der Waals surface area contributed by atoms with Gasteiger partial charge in [-0.05, 0) is 23.4 Å². The average molecular weight is 172 g/mol. The quantitative estimate of drug-likeness (QED) is 0.706. The molecule has 0 aliphatic rings. The van der Waals surface area contributed by atoms with Crippen LogP contribution in [0.3, 0.4) is 0 Å². The van der Waals surface area contributed by atoms with Crippen molar-refractivity contribution in [3.8, 4) is 0 Å². The first-order valence-electron chi connectivity index (χ1n) is 3.56. The largest absolute Gasteiger partial charge is 0.364 e. The van der Waals surface area contributed by atoms with E-state index < -0.39 is 6.29 Å². The van der Waals surface area contributed by atoms with Crippen LogP contribution >= 0.6 is 11.3 Å². The summed E-state index contributed by atoms with van der Waals surface area (Å²) in [5, 5.41) is 11.3. The highest BCUT2D eigenvalue weighted by Gasteiger charge is 2.07.